The van der Waals surface area contributed by atoms with E-state index >= 15 is 0 Å². The van der Waals surface area contributed by atoms with Crippen LogP contribution in [0.5, 0.6) is 0 Å². The lowest BCUT2D eigenvalue weighted by Crippen LogP contribution is -2.23. The molecule has 3 nitrogen and oxygen atoms in total. The van der Waals surface area contributed by atoms with Gasteiger partial charge in [0.2, 0.25) is 0 Å². The summed E-state index contributed by atoms with van der Waals surface area (Å²) in [6.07, 6.45) is -3.85. The molecule has 0 fully saturated rings. The summed E-state index contributed by atoms with van der Waals surface area (Å²) in [6.45, 7) is -0.0613. The lowest BCUT2D eigenvalue weighted by atomic mass is 10.1. The van der Waals surface area contributed by atoms with Crippen molar-refractivity contribution in [3.63, 3.8) is 0 Å². The van der Waals surface area contributed by atoms with Crippen LogP contribution >= 0.6 is 11.6 Å². The third kappa shape index (κ3) is 3.44. The van der Waals surface area contributed by atoms with Gasteiger partial charge in [-0.15, -0.1) is 0 Å². The van der Waals surface area contributed by atoms with Gasteiger partial charge >= 0.3 is 6.18 Å². The summed E-state index contributed by atoms with van der Waals surface area (Å²) < 4.78 is 39.0. The summed E-state index contributed by atoms with van der Waals surface area (Å²) in [4.78, 5) is 11.8. The lowest BCUT2D eigenvalue weighted by Gasteiger charge is -2.12. The van der Waals surface area contributed by atoms with Gasteiger partial charge in [-0.2, -0.15) is 18.4 Å². The van der Waals surface area contributed by atoms with Crippen molar-refractivity contribution in [1.29, 1.82) is 5.26 Å². The first kappa shape index (κ1) is 15.1. The third-order valence-corrected chi connectivity index (χ3v) is 3.08. The molecule has 1 aromatic heterocycles. The molecule has 0 aliphatic rings. The second-order valence-electron chi connectivity index (χ2n) is 4.32. The van der Waals surface area contributed by atoms with Crippen molar-refractivity contribution in [3.05, 3.63) is 68.6 Å². The highest BCUT2D eigenvalue weighted by atomic mass is 35.5. The molecule has 2 rings (SSSR count). The Hall–Kier alpha value is -2.26. The zero-order valence-corrected chi connectivity index (χ0v) is 11.2. The second kappa shape index (κ2) is 5.62. The van der Waals surface area contributed by atoms with Crippen molar-refractivity contribution in [3.8, 4) is 6.07 Å². The minimum absolute atomic E-state index is 0.0613. The summed E-state index contributed by atoms with van der Waals surface area (Å²) in [5.74, 6) is 0. The standard InChI is InChI=1S/C14H8ClF3N2O/c15-12-5-11(14(16,17)18)8-20(13(12)21)7-10-3-1-9(6-19)2-4-10/h1-5,8H,7H2. The number of nitrogens with zero attached hydrogens (tertiary/aromatic N) is 2. The number of rotatable bonds is 2. The summed E-state index contributed by atoms with van der Waals surface area (Å²) in [6, 6.07) is 8.72. The highest BCUT2D eigenvalue weighted by Gasteiger charge is 2.32. The number of benzene rings is 1. The number of aromatic nitrogens is 1. The summed E-state index contributed by atoms with van der Waals surface area (Å²) >= 11 is 5.56. The van der Waals surface area contributed by atoms with Gasteiger partial charge in [0.1, 0.15) is 5.02 Å². The molecule has 0 aliphatic heterocycles. The molecule has 0 atom stereocenters. The molecule has 0 amide bonds. The molecule has 0 saturated heterocycles. The van der Waals surface area contributed by atoms with Crippen molar-refractivity contribution in [2.24, 2.45) is 0 Å². The average Bonchev–Trinajstić information content (AvgIpc) is 2.43. The maximum Gasteiger partial charge on any atom is 0.417 e. The molecule has 1 heterocycles. The average molecular weight is 313 g/mol. The van der Waals surface area contributed by atoms with E-state index in [9.17, 15) is 18.0 Å². The first-order valence-electron chi connectivity index (χ1n) is 5.77. The number of nitriles is 1. The van der Waals surface area contributed by atoms with Gasteiger partial charge in [0.05, 0.1) is 23.7 Å². The van der Waals surface area contributed by atoms with Crippen LogP contribution < -0.4 is 5.56 Å². The number of hydrogen-bond acceptors (Lipinski definition) is 2. The smallest absolute Gasteiger partial charge is 0.309 e. The predicted octanol–water partition coefficient (Wildman–Crippen LogP) is 3.44. The van der Waals surface area contributed by atoms with Crippen LogP contribution in [0.3, 0.4) is 0 Å². The molecule has 0 saturated carbocycles. The SMILES string of the molecule is N#Cc1ccc(Cn2cc(C(F)(F)F)cc(Cl)c2=O)cc1. The second-order valence-corrected chi connectivity index (χ2v) is 4.72. The Morgan fingerprint density at radius 2 is 1.86 bits per heavy atom. The summed E-state index contributed by atoms with van der Waals surface area (Å²) in [5.41, 5.74) is -0.672. The van der Waals surface area contributed by atoms with Crippen LogP contribution in [0.25, 0.3) is 0 Å². The molecule has 21 heavy (non-hydrogen) atoms. The van der Waals surface area contributed by atoms with E-state index in [0.717, 1.165) is 10.8 Å². The maximum atomic E-state index is 12.7. The minimum atomic E-state index is -4.58. The molecule has 2 aromatic rings. The number of alkyl halides is 3. The van der Waals surface area contributed by atoms with Gasteiger partial charge in [-0.25, -0.2) is 0 Å². The van der Waals surface area contributed by atoms with E-state index in [2.05, 4.69) is 0 Å². The van der Waals surface area contributed by atoms with Gasteiger partial charge in [-0.1, -0.05) is 23.7 Å². The molecule has 108 valence electrons. The van der Waals surface area contributed by atoms with E-state index in [1.165, 1.54) is 12.1 Å². The van der Waals surface area contributed by atoms with Crippen LogP contribution in [0.15, 0.2) is 41.3 Å². The first-order chi connectivity index (χ1) is 9.81. The molecule has 1 aromatic carbocycles. The van der Waals surface area contributed by atoms with Crippen molar-refractivity contribution in [2.75, 3.05) is 0 Å². The first-order valence-corrected chi connectivity index (χ1v) is 6.15. The van der Waals surface area contributed by atoms with Gasteiger partial charge in [0, 0.05) is 6.20 Å². The van der Waals surface area contributed by atoms with Gasteiger partial charge in [0.25, 0.3) is 5.56 Å². The number of hydrogen-bond donors (Lipinski definition) is 0. The Balaban J connectivity index is 2.41. The van der Waals surface area contributed by atoms with E-state index in [0.29, 0.717) is 17.2 Å². The van der Waals surface area contributed by atoms with E-state index in [1.807, 2.05) is 6.07 Å². The normalized spacial score (nSPS) is 11.2. The zero-order valence-electron chi connectivity index (χ0n) is 10.5. The quantitative estimate of drug-likeness (QED) is 0.852. The topological polar surface area (TPSA) is 45.8 Å². The van der Waals surface area contributed by atoms with Crippen LogP contribution in [-0.4, -0.2) is 4.57 Å². The van der Waals surface area contributed by atoms with Gasteiger partial charge < -0.3 is 4.57 Å². The fraction of sp³-hybridized carbons (Fsp3) is 0.143. The van der Waals surface area contributed by atoms with Gasteiger partial charge in [-0.05, 0) is 23.8 Å². The zero-order chi connectivity index (χ0) is 15.6. The largest absolute Gasteiger partial charge is 0.417 e. The third-order valence-electron chi connectivity index (χ3n) is 2.81. The fourth-order valence-electron chi connectivity index (χ4n) is 1.75. The molecule has 0 bridgehead atoms. The van der Waals surface area contributed by atoms with Gasteiger partial charge in [-0.3, -0.25) is 4.79 Å². The molecular formula is C14H8ClF3N2O. The minimum Gasteiger partial charge on any atom is -0.309 e. The molecule has 0 unspecified atom stereocenters. The Bertz CT molecular complexity index is 758. The predicted molar refractivity (Wildman–Crippen MR) is 71.0 cm³/mol. The number of halogens is 4. The van der Waals surface area contributed by atoms with Crippen LogP contribution in [0.2, 0.25) is 5.02 Å². The van der Waals surface area contributed by atoms with Crippen molar-refractivity contribution in [2.45, 2.75) is 12.7 Å². The Labute approximate surface area is 122 Å². The van der Waals surface area contributed by atoms with Crippen LogP contribution in [-0.2, 0) is 12.7 Å². The highest BCUT2D eigenvalue weighted by Crippen LogP contribution is 2.29. The Kier molecular flexibility index (Phi) is 4.05. The van der Waals surface area contributed by atoms with E-state index < -0.39 is 22.3 Å². The van der Waals surface area contributed by atoms with E-state index in [-0.39, 0.29) is 6.54 Å². The van der Waals surface area contributed by atoms with Gasteiger partial charge in [0.15, 0.2) is 0 Å². The summed E-state index contributed by atoms with van der Waals surface area (Å²) in [7, 11) is 0. The molecule has 0 aliphatic carbocycles. The van der Waals surface area contributed by atoms with E-state index in [1.54, 1.807) is 12.1 Å². The lowest BCUT2D eigenvalue weighted by molar-refractivity contribution is -0.138. The molecule has 0 radical (unpaired) electrons. The van der Waals surface area contributed by atoms with Crippen LogP contribution in [0.1, 0.15) is 16.7 Å². The summed E-state index contributed by atoms with van der Waals surface area (Å²) in [5, 5.41) is 8.19. The van der Waals surface area contributed by atoms with Crippen LogP contribution in [0, 0.1) is 11.3 Å². The maximum absolute atomic E-state index is 12.7. The van der Waals surface area contributed by atoms with Crippen molar-refractivity contribution in [1.82, 2.24) is 4.57 Å². The molecule has 7 heteroatoms. The highest BCUT2D eigenvalue weighted by molar-refractivity contribution is 6.30. The number of pyridine rings is 1. The molecular weight excluding hydrogens is 305 g/mol. The van der Waals surface area contributed by atoms with E-state index in [4.69, 9.17) is 16.9 Å². The van der Waals surface area contributed by atoms with Crippen molar-refractivity contribution >= 4 is 11.6 Å². The Morgan fingerprint density at radius 1 is 1.24 bits per heavy atom. The molecule has 0 N–H and O–H groups in total. The fourth-order valence-corrected chi connectivity index (χ4v) is 1.98. The van der Waals surface area contributed by atoms with Crippen LogP contribution in [0.4, 0.5) is 13.2 Å². The Morgan fingerprint density at radius 3 is 2.38 bits per heavy atom. The van der Waals surface area contributed by atoms with Crippen molar-refractivity contribution < 1.29 is 13.2 Å². The molecule has 0 spiro atoms. The monoisotopic (exact) mass is 312 g/mol.